The lowest BCUT2D eigenvalue weighted by Gasteiger charge is -2.39. The molecule has 1 aliphatic rings. The number of hydrogen-bond donors (Lipinski definition) is 1. The summed E-state index contributed by atoms with van der Waals surface area (Å²) in [4.78, 5) is 14.1. The SMILES string of the molecule is CC(C)C(=O)N1CCC(C)(COCS(=O)(=O)c2ccc(OC/C(=C/F)CN)cc2)CC1. The number of ether oxygens (including phenoxy) is 2. The second kappa shape index (κ2) is 11.1. The van der Waals surface area contributed by atoms with E-state index in [0.717, 1.165) is 12.8 Å². The van der Waals surface area contributed by atoms with Gasteiger partial charge in [-0.1, -0.05) is 20.8 Å². The van der Waals surface area contributed by atoms with Gasteiger partial charge in [0, 0.05) is 31.1 Å². The van der Waals surface area contributed by atoms with Crippen molar-refractivity contribution in [3.8, 4) is 5.75 Å². The van der Waals surface area contributed by atoms with Gasteiger partial charge in [-0.3, -0.25) is 4.79 Å². The van der Waals surface area contributed by atoms with E-state index in [4.69, 9.17) is 15.2 Å². The molecule has 174 valence electrons. The Morgan fingerprint density at radius 2 is 1.87 bits per heavy atom. The first-order valence-electron chi connectivity index (χ1n) is 10.4. The predicted octanol–water partition coefficient (Wildman–Crippen LogP) is 2.91. The quantitative estimate of drug-likeness (QED) is 0.581. The van der Waals surface area contributed by atoms with Crippen LogP contribution in [0.1, 0.15) is 33.6 Å². The minimum Gasteiger partial charge on any atom is -0.489 e. The zero-order valence-electron chi connectivity index (χ0n) is 18.5. The molecule has 0 bridgehead atoms. The van der Waals surface area contributed by atoms with Crippen LogP contribution in [0, 0.1) is 11.3 Å². The van der Waals surface area contributed by atoms with Crippen LogP contribution in [0.3, 0.4) is 0 Å². The maximum Gasteiger partial charge on any atom is 0.225 e. The molecule has 1 aromatic carbocycles. The van der Waals surface area contributed by atoms with E-state index in [9.17, 15) is 17.6 Å². The van der Waals surface area contributed by atoms with Gasteiger partial charge in [-0.2, -0.15) is 0 Å². The first kappa shape index (κ1) is 25.3. The van der Waals surface area contributed by atoms with Gasteiger partial charge in [0.25, 0.3) is 0 Å². The number of benzene rings is 1. The van der Waals surface area contributed by atoms with Crippen molar-refractivity contribution in [3.05, 3.63) is 36.2 Å². The van der Waals surface area contributed by atoms with Gasteiger partial charge in [-0.15, -0.1) is 0 Å². The van der Waals surface area contributed by atoms with Crippen molar-refractivity contribution in [2.45, 2.75) is 38.5 Å². The van der Waals surface area contributed by atoms with Gasteiger partial charge in [0.15, 0.2) is 5.94 Å². The number of piperidine rings is 1. The number of likely N-dealkylation sites (tertiary alicyclic amines) is 1. The third kappa shape index (κ3) is 7.29. The molecule has 1 aliphatic heterocycles. The molecule has 7 nitrogen and oxygen atoms in total. The lowest BCUT2D eigenvalue weighted by molar-refractivity contribution is -0.137. The molecule has 1 amide bonds. The number of nitrogens with zero attached hydrogens (tertiary/aromatic N) is 1. The third-order valence-corrected chi connectivity index (χ3v) is 6.96. The molecule has 9 heteroatoms. The number of carbonyl (C=O) groups excluding carboxylic acids is 1. The van der Waals surface area contributed by atoms with Crippen molar-refractivity contribution in [2.24, 2.45) is 17.1 Å². The van der Waals surface area contributed by atoms with Crippen LogP contribution in [-0.4, -0.2) is 58.0 Å². The number of carbonyl (C=O) groups is 1. The molecule has 1 heterocycles. The summed E-state index contributed by atoms with van der Waals surface area (Å²) in [5.74, 6) is 0.130. The highest BCUT2D eigenvalue weighted by molar-refractivity contribution is 7.91. The van der Waals surface area contributed by atoms with Crippen molar-refractivity contribution in [1.82, 2.24) is 4.90 Å². The van der Waals surface area contributed by atoms with Gasteiger partial charge in [-0.25, -0.2) is 12.8 Å². The van der Waals surface area contributed by atoms with Crippen LogP contribution in [0.2, 0.25) is 0 Å². The van der Waals surface area contributed by atoms with E-state index in [1.54, 1.807) is 0 Å². The van der Waals surface area contributed by atoms with Crippen molar-refractivity contribution < 1.29 is 27.1 Å². The summed E-state index contributed by atoms with van der Waals surface area (Å²) in [5.41, 5.74) is 5.51. The van der Waals surface area contributed by atoms with Crippen molar-refractivity contribution in [3.63, 3.8) is 0 Å². The molecule has 2 N–H and O–H groups in total. The Bertz CT molecular complexity index is 860. The maximum atomic E-state index is 12.6. The normalized spacial score (nSPS) is 17.1. The monoisotopic (exact) mass is 456 g/mol. The number of nitrogens with two attached hydrogens (primary N) is 1. The number of hydrogen-bond acceptors (Lipinski definition) is 6. The Morgan fingerprint density at radius 1 is 1.26 bits per heavy atom. The average Bonchev–Trinajstić information content (AvgIpc) is 2.74. The van der Waals surface area contributed by atoms with E-state index in [1.807, 2.05) is 18.7 Å². The van der Waals surface area contributed by atoms with E-state index in [2.05, 4.69) is 6.92 Å². The van der Waals surface area contributed by atoms with E-state index < -0.39 is 15.8 Å². The van der Waals surface area contributed by atoms with Gasteiger partial charge in [0.1, 0.15) is 12.4 Å². The second-order valence-electron chi connectivity index (χ2n) is 8.60. The largest absolute Gasteiger partial charge is 0.489 e. The molecule has 2 rings (SSSR count). The second-order valence-corrected chi connectivity index (χ2v) is 10.5. The summed E-state index contributed by atoms with van der Waals surface area (Å²) < 4.78 is 48.6. The molecule has 0 atom stereocenters. The van der Waals surface area contributed by atoms with Gasteiger partial charge >= 0.3 is 0 Å². The Balaban J connectivity index is 1.84. The summed E-state index contributed by atoms with van der Waals surface area (Å²) in [6.07, 6.45) is 1.95. The highest BCUT2D eigenvalue weighted by atomic mass is 32.2. The average molecular weight is 457 g/mol. The van der Waals surface area contributed by atoms with Gasteiger partial charge in [-0.05, 0) is 42.5 Å². The molecule has 0 radical (unpaired) electrons. The number of sulfone groups is 1. The van der Waals surface area contributed by atoms with Crippen LogP contribution in [0.4, 0.5) is 4.39 Å². The molecular weight excluding hydrogens is 423 g/mol. The van der Waals surface area contributed by atoms with Crippen LogP contribution >= 0.6 is 0 Å². The first-order chi connectivity index (χ1) is 14.6. The zero-order chi connectivity index (χ0) is 23.1. The summed E-state index contributed by atoms with van der Waals surface area (Å²) in [5, 5.41) is 0. The molecule has 1 saturated heterocycles. The van der Waals surface area contributed by atoms with Gasteiger partial charge < -0.3 is 20.1 Å². The molecule has 1 aromatic rings. The van der Waals surface area contributed by atoms with Crippen LogP contribution < -0.4 is 10.5 Å². The fraction of sp³-hybridized carbons (Fsp3) is 0.591. The number of amides is 1. The Morgan fingerprint density at radius 3 is 2.39 bits per heavy atom. The molecule has 0 spiro atoms. The molecule has 31 heavy (non-hydrogen) atoms. The summed E-state index contributed by atoms with van der Waals surface area (Å²) in [6.45, 7) is 7.52. The summed E-state index contributed by atoms with van der Waals surface area (Å²) >= 11 is 0. The van der Waals surface area contributed by atoms with E-state index >= 15 is 0 Å². The highest BCUT2D eigenvalue weighted by Gasteiger charge is 2.33. The first-order valence-corrected chi connectivity index (χ1v) is 12.1. The smallest absolute Gasteiger partial charge is 0.225 e. The van der Waals surface area contributed by atoms with Crippen molar-refractivity contribution in [2.75, 3.05) is 38.8 Å². The highest BCUT2D eigenvalue weighted by Crippen LogP contribution is 2.32. The van der Waals surface area contributed by atoms with E-state index in [0.29, 0.717) is 37.3 Å². The molecule has 0 aromatic heterocycles. The van der Waals surface area contributed by atoms with Gasteiger partial charge in [0.2, 0.25) is 15.7 Å². The topological polar surface area (TPSA) is 98.9 Å². The molecular formula is C22H33FN2O5S. The minimum atomic E-state index is -3.61. The Hall–Kier alpha value is -1.97. The molecule has 0 aliphatic carbocycles. The molecule has 1 fully saturated rings. The third-order valence-electron chi connectivity index (χ3n) is 5.49. The van der Waals surface area contributed by atoms with Crippen LogP contribution in [-0.2, 0) is 19.4 Å². The molecule has 0 unspecified atom stereocenters. The van der Waals surface area contributed by atoms with Gasteiger partial charge in [0.05, 0.1) is 17.8 Å². The summed E-state index contributed by atoms with van der Waals surface area (Å²) in [6, 6.07) is 5.91. The fourth-order valence-electron chi connectivity index (χ4n) is 3.30. The molecule has 0 saturated carbocycles. The number of halogens is 1. The Labute approximate surface area is 184 Å². The zero-order valence-corrected chi connectivity index (χ0v) is 19.3. The van der Waals surface area contributed by atoms with Crippen molar-refractivity contribution in [1.29, 1.82) is 0 Å². The van der Waals surface area contributed by atoms with Crippen LogP contribution in [0.5, 0.6) is 5.75 Å². The van der Waals surface area contributed by atoms with E-state index in [1.165, 1.54) is 24.3 Å². The van der Waals surface area contributed by atoms with Crippen molar-refractivity contribution >= 4 is 15.7 Å². The summed E-state index contributed by atoms with van der Waals surface area (Å²) in [7, 11) is -3.61. The maximum absolute atomic E-state index is 12.6. The number of rotatable bonds is 10. The standard InChI is InChI=1S/C22H33FN2O5S/c1-17(2)21(26)25-10-8-22(3,9-11-25)15-29-16-31(27,28)20-6-4-19(5-7-20)30-14-18(12-23)13-24/h4-7,12,17H,8-11,13-16,24H2,1-3H3/b18-12+. The lowest BCUT2D eigenvalue weighted by atomic mass is 9.81. The Kier molecular flexibility index (Phi) is 9.02. The lowest BCUT2D eigenvalue weighted by Crippen LogP contribution is -2.45. The minimum absolute atomic E-state index is 0.000977. The van der Waals surface area contributed by atoms with Crippen LogP contribution in [0.25, 0.3) is 0 Å². The van der Waals surface area contributed by atoms with Crippen LogP contribution in [0.15, 0.2) is 41.1 Å². The van der Waals surface area contributed by atoms with E-state index in [-0.39, 0.29) is 35.3 Å². The predicted molar refractivity (Wildman–Crippen MR) is 117 cm³/mol. The fourth-order valence-corrected chi connectivity index (χ4v) is 4.29.